The maximum atomic E-state index is 11.9. The Kier molecular flexibility index (Phi) is 4.50. The number of anilines is 3. The van der Waals surface area contributed by atoms with Crippen molar-refractivity contribution < 1.29 is 4.79 Å². The second-order valence-corrected chi connectivity index (χ2v) is 6.79. The Balaban J connectivity index is 1.37. The quantitative estimate of drug-likeness (QED) is 0.813. The number of benzene rings is 1. The molecular formula is C19H23N5O. The molecule has 1 aromatic heterocycles. The second-order valence-electron chi connectivity index (χ2n) is 6.79. The standard InChI is InChI=1S/C19H23N5O/c25-19-5-2-8-24(19)16-4-1-3-15(9-16)12-21-18-10-17(22-13-23-18)20-11-14-6-7-14/h1,3-4,9-10,13-14H,2,5-8,11-12H2,(H2,20,21,22,23). The van der Waals surface area contributed by atoms with Gasteiger partial charge in [-0.2, -0.15) is 0 Å². The number of amides is 1. The van der Waals surface area contributed by atoms with Crippen LogP contribution in [0.25, 0.3) is 0 Å². The molecule has 0 radical (unpaired) electrons. The molecule has 2 aromatic rings. The molecule has 6 nitrogen and oxygen atoms in total. The first kappa shape index (κ1) is 15.9. The van der Waals surface area contributed by atoms with E-state index in [1.54, 1.807) is 6.33 Å². The molecule has 25 heavy (non-hydrogen) atoms. The summed E-state index contributed by atoms with van der Waals surface area (Å²) >= 11 is 0. The average molecular weight is 337 g/mol. The smallest absolute Gasteiger partial charge is 0.227 e. The number of hydrogen-bond acceptors (Lipinski definition) is 5. The topological polar surface area (TPSA) is 70.2 Å². The maximum absolute atomic E-state index is 11.9. The maximum Gasteiger partial charge on any atom is 0.227 e. The Labute approximate surface area is 147 Å². The molecule has 1 saturated heterocycles. The Morgan fingerprint density at radius 1 is 1.12 bits per heavy atom. The third-order valence-corrected chi connectivity index (χ3v) is 4.71. The van der Waals surface area contributed by atoms with Gasteiger partial charge < -0.3 is 15.5 Å². The van der Waals surface area contributed by atoms with Crippen LogP contribution >= 0.6 is 0 Å². The first-order valence-electron chi connectivity index (χ1n) is 8.97. The minimum atomic E-state index is 0.215. The van der Waals surface area contributed by atoms with Gasteiger partial charge in [-0.15, -0.1) is 0 Å². The van der Waals surface area contributed by atoms with E-state index in [9.17, 15) is 4.79 Å². The van der Waals surface area contributed by atoms with Crippen molar-refractivity contribution in [2.75, 3.05) is 28.6 Å². The molecule has 2 N–H and O–H groups in total. The van der Waals surface area contributed by atoms with Crippen molar-refractivity contribution in [1.29, 1.82) is 0 Å². The van der Waals surface area contributed by atoms with E-state index in [1.807, 2.05) is 23.1 Å². The summed E-state index contributed by atoms with van der Waals surface area (Å²) in [5, 5.41) is 6.70. The van der Waals surface area contributed by atoms with Crippen LogP contribution in [0, 0.1) is 5.92 Å². The fraction of sp³-hybridized carbons (Fsp3) is 0.421. The van der Waals surface area contributed by atoms with Crippen molar-refractivity contribution in [2.24, 2.45) is 5.92 Å². The van der Waals surface area contributed by atoms with E-state index in [2.05, 4.69) is 32.7 Å². The minimum absolute atomic E-state index is 0.215. The van der Waals surface area contributed by atoms with E-state index in [-0.39, 0.29) is 5.91 Å². The molecule has 1 aliphatic carbocycles. The lowest BCUT2D eigenvalue weighted by Gasteiger charge is -2.17. The summed E-state index contributed by atoms with van der Waals surface area (Å²) in [6.45, 7) is 2.47. The van der Waals surface area contributed by atoms with Crippen LogP contribution in [-0.4, -0.2) is 29.0 Å². The fourth-order valence-corrected chi connectivity index (χ4v) is 3.07. The number of carbonyl (C=O) groups excluding carboxylic acids is 1. The van der Waals surface area contributed by atoms with Gasteiger partial charge in [0.2, 0.25) is 5.91 Å². The Hall–Kier alpha value is -2.63. The molecule has 2 heterocycles. The van der Waals surface area contributed by atoms with E-state index in [4.69, 9.17) is 0 Å². The summed E-state index contributed by atoms with van der Waals surface area (Å²) in [6, 6.07) is 10.1. The Morgan fingerprint density at radius 3 is 2.72 bits per heavy atom. The summed E-state index contributed by atoms with van der Waals surface area (Å²) in [5.74, 6) is 2.69. The van der Waals surface area contributed by atoms with Crippen LogP contribution in [0.1, 0.15) is 31.2 Å². The lowest BCUT2D eigenvalue weighted by Crippen LogP contribution is -2.23. The molecule has 1 aliphatic heterocycles. The van der Waals surface area contributed by atoms with E-state index in [0.29, 0.717) is 13.0 Å². The van der Waals surface area contributed by atoms with Gasteiger partial charge in [-0.3, -0.25) is 4.79 Å². The van der Waals surface area contributed by atoms with Gasteiger partial charge in [-0.05, 0) is 42.9 Å². The van der Waals surface area contributed by atoms with Gasteiger partial charge in [0.1, 0.15) is 18.0 Å². The summed E-state index contributed by atoms with van der Waals surface area (Å²) in [6.07, 6.45) is 5.81. The highest BCUT2D eigenvalue weighted by molar-refractivity contribution is 5.95. The number of aromatic nitrogens is 2. The van der Waals surface area contributed by atoms with Crippen LogP contribution < -0.4 is 15.5 Å². The largest absolute Gasteiger partial charge is 0.370 e. The van der Waals surface area contributed by atoms with Crippen LogP contribution in [0.3, 0.4) is 0 Å². The van der Waals surface area contributed by atoms with Gasteiger partial charge in [0.05, 0.1) is 0 Å². The van der Waals surface area contributed by atoms with E-state index >= 15 is 0 Å². The molecule has 2 fully saturated rings. The molecule has 2 aliphatic rings. The number of hydrogen-bond donors (Lipinski definition) is 2. The lowest BCUT2D eigenvalue weighted by atomic mass is 10.2. The Morgan fingerprint density at radius 2 is 1.96 bits per heavy atom. The zero-order valence-corrected chi connectivity index (χ0v) is 14.2. The van der Waals surface area contributed by atoms with E-state index in [1.165, 1.54) is 12.8 Å². The van der Waals surface area contributed by atoms with Crippen molar-refractivity contribution in [3.63, 3.8) is 0 Å². The van der Waals surface area contributed by atoms with Gasteiger partial charge >= 0.3 is 0 Å². The van der Waals surface area contributed by atoms with E-state index in [0.717, 1.165) is 48.3 Å². The third-order valence-electron chi connectivity index (χ3n) is 4.71. The molecule has 130 valence electrons. The van der Waals surface area contributed by atoms with Crippen molar-refractivity contribution in [1.82, 2.24) is 9.97 Å². The Bertz CT molecular complexity index is 759. The molecule has 1 amide bonds. The summed E-state index contributed by atoms with van der Waals surface area (Å²) < 4.78 is 0. The molecule has 1 saturated carbocycles. The van der Waals surface area contributed by atoms with Gasteiger partial charge in [0, 0.05) is 37.8 Å². The van der Waals surface area contributed by atoms with Gasteiger partial charge in [0.15, 0.2) is 0 Å². The first-order chi connectivity index (χ1) is 12.3. The lowest BCUT2D eigenvalue weighted by molar-refractivity contribution is -0.117. The zero-order chi connectivity index (χ0) is 17.1. The van der Waals surface area contributed by atoms with Crippen LogP contribution in [-0.2, 0) is 11.3 Å². The zero-order valence-electron chi connectivity index (χ0n) is 14.2. The average Bonchev–Trinajstić information content (AvgIpc) is 3.38. The molecule has 0 unspecified atom stereocenters. The number of rotatable bonds is 7. The predicted molar refractivity (Wildman–Crippen MR) is 98.6 cm³/mol. The van der Waals surface area contributed by atoms with Gasteiger partial charge in [-0.1, -0.05) is 12.1 Å². The summed E-state index contributed by atoms with van der Waals surface area (Å²) in [7, 11) is 0. The van der Waals surface area contributed by atoms with E-state index < -0.39 is 0 Å². The predicted octanol–water partition coefficient (Wildman–Crippen LogP) is 3.04. The third kappa shape index (κ3) is 4.07. The van der Waals surface area contributed by atoms with Crippen LogP contribution in [0.5, 0.6) is 0 Å². The van der Waals surface area contributed by atoms with Crippen LogP contribution in [0.2, 0.25) is 0 Å². The van der Waals surface area contributed by atoms with Crippen LogP contribution in [0.15, 0.2) is 36.7 Å². The second kappa shape index (κ2) is 7.09. The van der Waals surface area contributed by atoms with Gasteiger partial charge in [0.25, 0.3) is 0 Å². The first-order valence-corrected chi connectivity index (χ1v) is 8.97. The van der Waals surface area contributed by atoms with Crippen molar-refractivity contribution in [3.05, 3.63) is 42.2 Å². The number of nitrogens with one attached hydrogen (secondary N) is 2. The van der Waals surface area contributed by atoms with Crippen molar-refractivity contribution in [3.8, 4) is 0 Å². The number of nitrogens with zero attached hydrogens (tertiary/aromatic N) is 3. The molecule has 0 spiro atoms. The monoisotopic (exact) mass is 337 g/mol. The molecule has 0 bridgehead atoms. The summed E-state index contributed by atoms with van der Waals surface area (Å²) in [5.41, 5.74) is 2.11. The van der Waals surface area contributed by atoms with Crippen LogP contribution in [0.4, 0.5) is 17.3 Å². The number of carbonyl (C=O) groups is 1. The SMILES string of the molecule is O=C1CCCN1c1cccc(CNc2cc(NCC3CC3)ncn2)c1. The molecule has 0 atom stereocenters. The molecule has 4 rings (SSSR count). The van der Waals surface area contributed by atoms with Crippen molar-refractivity contribution in [2.45, 2.75) is 32.2 Å². The molecular weight excluding hydrogens is 314 g/mol. The highest BCUT2D eigenvalue weighted by atomic mass is 16.2. The minimum Gasteiger partial charge on any atom is -0.370 e. The fourth-order valence-electron chi connectivity index (χ4n) is 3.07. The highest BCUT2D eigenvalue weighted by Gasteiger charge is 2.22. The molecule has 6 heteroatoms. The van der Waals surface area contributed by atoms with Crippen molar-refractivity contribution >= 4 is 23.2 Å². The van der Waals surface area contributed by atoms with Gasteiger partial charge in [-0.25, -0.2) is 9.97 Å². The summed E-state index contributed by atoms with van der Waals surface area (Å²) in [4.78, 5) is 22.3. The normalized spacial score (nSPS) is 17.0. The molecule has 1 aromatic carbocycles. The highest BCUT2D eigenvalue weighted by Crippen LogP contribution is 2.28.